The quantitative estimate of drug-likeness (QED) is 0.471. The molecule has 0 unspecified atom stereocenters. The standard InChI is InChI=1S/C17H16N8/c1-17(2,3)13-8-19-22-25(13)16-21-20-15-11-6-4-5-7-12(11)23-10-18-9-14(23)24(15)16/h4-10H,1-3H3. The zero-order valence-electron chi connectivity index (χ0n) is 14.1. The van der Waals surface area contributed by atoms with E-state index in [1.54, 1.807) is 23.4 Å². The second-order valence-corrected chi connectivity index (χ2v) is 7.08. The third-order valence-electron chi connectivity index (χ3n) is 4.41. The summed E-state index contributed by atoms with van der Waals surface area (Å²) in [5.74, 6) is 0.605. The highest BCUT2D eigenvalue weighted by Crippen LogP contribution is 2.26. The van der Waals surface area contributed by atoms with Crippen LogP contribution in [-0.2, 0) is 5.41 Å². The Kier molecular flexibility index (Phi) is 2.61. The van der Waals surface area contributed by atoms with Gasteiger partial charge in [0.25, 0.3) is 5.95 Å². The second-order valence-electron chi connectivity index (χ2n) is 7.08. The monoisotopic (exact) mass is 332 g/mol. The van der Waals surface area contributed by atoms with Gasteiger partial charge in [-0.2, -0.15) is 4.68 Å². The molecule has 124 valence electrons. The van der Waals surface area contributed by atoms with Gasteiger partial charge in [-0.3, -0.25) is 4.40 Å². The van der Waals surface area contributed by atoms with Gasteiger partial charge in [0.15, 0.2) is 5.65 Å². The van der Waals surface area contributed by atoms with Gasteiger partial charge in [-0.15, -0.1) is 15.3 Å². The summed E-state index contributed by atoms with van der Waals surface area (Å²) in [7, 11) is 0. The van der Waals surface area contributed by atoms with Gasteiger partial charge >= 0.3 is 0 Å². The van der Waals surface area contributed by atoms with Crippen molar-refractivity contribution in [3.8, 4) is 5.95 Å². The number of aromatic nitrogens is 8. The van der Waals surface area contributed by atoms with Crippen molar-refractivity contribution >= 4 is 22.2 Å². The van der Waals surface area contributed by atoms with Crippen LogP contribution >= 0.6 is 0 Å². The number of fused-ring (bicyclic) bond motifs is 6. The van der Waals surface area contributed by atoms with Crippen molar-refractivity contribution in [2.24, 2.45) is 0 Å². The van der Waals surface area contributed by atoms with Gasteiger partial charge < -0.3 is 0 Å². The lowest BCUT2D eigenvalue weighted by Crippen LogP contribution is -2.19. The Hall–Kier alpha value is -3.29. The highest BCUT2D eigenvalue weighted by Gasteiger charge is 2.24. The molecule has 0 saturated carbocycles. The molecule has 0 atom stereocenters. The first-order valence-corrected chi connectivity index (χ1v) is 8.05. The number of para-hydroxylation sites is 1. The van der Waals surface area contributed by atoms with E-state index in [-0.39, 0.29) is 5.41 Å². The molecule has 0 radical (unpaired) electrons. The van der Waals surface area contributed by atoms with Gasteiger partial charge in [0.05, 0.1) is 23.6 Å². The summed E-state index contributed by atoms with van der Waals surface area (Å²) < 4.78 is 5.75. The Morgan fingerprint density at radius 2 is 1.84 bits per heavy atom. The molecule has 1 aromatic carbocycles. The smallest absolute Gasteiger partial charge is 0.259 e. The summed E-state index contributed by atoms with van der Waals surface area (Å²) in [6.45, 7) is 6.36. The average Bonchev–Trinajstić information content (AvgIpc) is 3.31. The molecule has 0 aliphatic heterocycles. The lowest BCUT2D eigenvalue weighted by atomic mass is 9.93. The summed E-state index contributed by atoms with van der Waals surface area (Å²) in [6, 6.07) is 8.09. The zero-order valence-corrected chi connectivity index (χ0v) is 14.1. The van der Waals surface area contributed by atoms with Gasteiger partial charge in [-0.1, -0.05) is 38.1 Å². The topological polar surface area (TPSA) is 78.2 Å². The number of hydrogen-bond acceptors (Lipinski definition) is 5. The van der Waals surface area contributed by atoms with E-state index in [4.69, 9.17) is 0 Å². The van der Waals surface area contributed by atoms with Crippen LogP contribution in [0.25, 0.3) is 28.1 Å². The van der Waals surface area contributed by atoms with E-state index in [1.807, 2.05) is 27.0 Å². The molecule has 5 rings (SSSR count). The van der Waals surface area contributed by atoms with Crippen molar-refractivity contribution in [2.75, 3.05) is 0 Å². The highest BCUT2D eigenvalue weighted by molar-refractivity contribution is 5.94. The predicted molar refractivity (Wildman–Crippen MR) is 92.9 cm³/mol. The maximum atomic E-state index is 4.44. The van der Waals surface area contributed by atoms with Crippen molar-refractivity contribution in [1.29, 1.82) is 0 Å². The highest BCUT2D eigenvalue weighted by atomic mass is 15.5. The number of rotatable bonds is 1. The van der Waals surface area contributed by atoms with E-state index in [1.165, 1.54) is 0 Å². The summed E-state index contributed by atoms with van der Waals surface area (Å²) >= 11 is 0. The maximum absolute atomic E-state index is 4.44. The van der Waals surface area contributed by atoms with Crippen molar-refractivity contribution in [1.82, 2.24) is 39.0 Å². The summed E-state index contributed by atoms with van der Waals surface area (Å²) in [5.41, 5.74) is 3.53. The van der Waals surface area contributed by atoms with Crippen LogP contribution in [0.3, 0.4) is 0 Å². The fourth-order valence-corrected chi connectivity index (χ4v) is 3.20. The van der Waals surface area contributed by atoms with Gasteiger partial charge in [-0.05, 0) is 12.1 Å². The molecule has 4 aromatic heterocycles. The fraction of sp³-hybridized carbons (Fsp3) is 0.235. The largest absolute Gasteiger partial charge is 0.284 e. The molecule has 0 N–H and O–H groups in total. The van der Waals surface area contributed by atoms with Gasteiger partial charge in [0.1, 0.15) is 12.0 Å². The molecule has 8 heteroatoms. The van der Waals surface area contributed by atoms with Crippen LogP contribution in [0.4, 0.5) is 0 Å². The minimum absolute atomic E-state index is 0.122. The summed E-state index contributed by atoms with van der Waals surface area (Å²) in [6.07, 6.45) is 5.38. The first-order valence-electron chi connectivity index (χ1n) is 8.05. The third-order valence-corrected chi connectivity index (χ3v) is 4.41. The van der Waals surface area contributed by atoms with Crippen LogP contribution in [0.15, 0.2) is 43.0 Å². The molecule has 0 spiro atoms. The van der Waals surface area contributed by atoms with Crippen LogP contribution in [-0.4, -0.2) is 39.0 Å². The van der Waals surface area contributed by atoms with E-state index in [9.17, 15) is 0 Å². The zero-order chi connectivity index (χ0) is 17.2. The van der Waals surface area contributed by atoms with Crippen LogP contribution < -0.4 is 0 Å². The molecule has 0 fully saturated rings. The van der Waals surface area contributed by atoms with Gasteiger partial charge in [0.2, 0.25) is 0 Å². The number of nitrogens with zero attached hydrogens (tertiary/aromatic N) is 8. The number of benzene rings is 1. The number of hydrogen-bond donors (Lipinski definition) is 0. The molecular weight excluding hydrogens is 316 g/mol. The van der Waals surface area contributed by atoms with Crippen LogP contribution in [0.5, 0.6) is 0 Å². The van der Waals surface area contributed by atoms with Crippen molar-refractivity contribution in [3.63, 3.8) is 0 Å². The van der Waals surface area contributed by atoms with Crippen molar-refractivity contribution in [2.45, 2.75) is 26.2 Å². The van der Waals surface area contributed by atoms with Crippen molar-refractivity contribution in [3.05, 3.63) is 48.7 Å². The lowest BCUT2D eigenvalue weighted by Gasteiger charge is -2.18. The van der Waals surface area contributed by atoms with E-state index >= 15 is 0 Å². The first-order chi connectivity index (χ1) is 12.1. The third kappa shape index (κ3) is 1.84. The minimum atomic E-state index is -0.122. The Balaban J connectivity index is 1.96. The first kappa shape index (κ1) is 14.1. The number of imidazole rings is 1. The Labute approximate surface area is 142 Å². The summed E-state index contributed by atoms with van der Waals surface area (Å²) in [5, 5.41) is 18.2. The predicted octanol–water partition coefficient (Wildman–Crippen LogP) is 2.41. The molecule has 0 bridgehead atoms. The SMILES string of the molecule is CC(C)(C)c1cnnn1-c1nnc2c3ccccc3n3cncc3n12. The van der Waals surface area contributed by atoms with Gasteiger partial charge in [-0.25, -0.2) is 9.38 Å². The van der Waals surface area contributed by atoms with E-state index in [2.05, 4.69) is 52.3 Å². The van der Waals surface area contributed by atoms with Crippen LogP contribution in [0.2, 0.25) is 0 Å². The average molecular weight is 332 g/mol. The molecule has 0 saturated heterocycles. The molecule has 0 aliphatic rings. The van der Waals surface area contributed by atoms with Crippen LogP contribution in [0.1, 0.15) is 26.5 Å². The molecule has 4 heterocycles. The molecule has 5 aromatic rings. The molecule has 0 amide bonds. The Morgan fingerprint density at radius 1 is 1.00 bits per heavy atom. The second kappa shape index (κ2) is 4.62. The van der Waals surface area contributed by atoms with Gasteiger partial charge in [0, 0.05) is 10.8 Å². The summed E-state index contributed by atoms with van der Waals surface area (Å²) in [4.78, 5) is 4.32. The minimum Gasteiger partial charge on any atom is -0.284 e. The Morgan fingerprint density at radius 3 is 2.68 bits per heavy atom. The van der Waals surface area contributed by atoms with E-state index in [0.717, 1.165) is 27.9 Å². The van der Waals surface area contributed by atoms with Crippen molar-refractivity contribution < 1.29 is 0 Å². The molecule has 25 heavy (non-hydrogen) atoms. The van der Waals surface area contributed by atoms with E-state index in [0.29, 0.717) is 5.95 Å². The van der Waals surface area contributed by atoms with E-state index < -0.39 is 0 Å². The molecular formula is C17H16N8. The fourth-order valence-electron chi connectivity index (χ4n) is 3.20. The maximum Gasteiger partial charge on any atom is 0.259 e. The molecule has 8 nitrogen and oxygen atoms in total. The lowest BCUT2D eigenvalue weighted by molar-refractivity contribution is 0.535. The Bertz CT molecular complexity index is 1230. The normalized spacial score (nSPS) is 12.6. The van der Waals surface area contributed by atoms with Crippen LogP contribution in [0, 0.1) is 0 Å². The molecule has 0 aliphatic carbocycles.